The zero-order valence-electron chi connectivity index (χ0n) is 6.51. The summed E-state index contributed by atoms with van der Waals surface area (Å²) in [4.78, 5) is 9.12. The van der Waals surface area contributed by atoms with Gasteiger partial charge in [-0.25, -0.2) is 4.79 Å². The fourth-order valence-electron chi connectivity index (χ4n) is 0. The number of hydrogen-bond donors (Lipinski definition) is 2. The third-order valence-electron chi connectivity index (χ3n) is 0.135. The molecule has 0 saturated heterocycles. The molecule has 0 amide bonds. The first kappa shape index (κ1) is 16.4. The van der Waals surface area contributed by atoms with Crippen LogP contribution >= 0.6 is 0 Å². The molecule has 7 heavy (non-hydrogen) atoms. The summed E-state index contributed by atoms with van der Waals surface area (Å²) >= 11 is 0. The maximum absolute atomic E-state index is 9.12. The molecule has 34 valence electrons. The summed E-state index contributed by atoms with van der Waals surface area (Å²) in [5, 5.41) is 15.0. The molecule has 0 radical (unpaired) electrons. The van der Waals surface area contributed by atoms with Gasteiger partial charge in [-0.15, -0.1) is 0 Å². The smallest absolute Gasteiger partial charge is 1.00 e. The third kappa shape index (κ3) is 17.7. The van der Waals surface area contributed by atoms with Gasteiger partial charge in [0, 0.05) is 0 Å². The van der Waals surface area contributed by atoms with E-state index in [0.717, 1.165) is 0 Å². The maximum Gasteiger partial charge on any atom is 1.00 e. The molecule has 2 N–H and O–H groups in total. The number of hydrogen-bond acceptors (Lipinski definition) is 2. The van der Waals surface area contributed by atoms with Crippen LogP contribution in [0.5, 0.6) is 0 Å². The van der Waals surface area contributed by atoms with Crippen molar-refractivity contribution < 1.29 is 121 Å². The fraction of sp³-hybridized carbons (Fsp3) is 0.500. The molecule has 0 atom stereocenters. The Kier molecular flexibility index (Phi) is 26.9. The Bertz CT molecular complexity index is 53.1. The molecule has 0 rings (SSSR count). The molecular formula is C2H6K2O3. The summed E-state index contributed by atoms with van der Waals surface area (Å²) < 4.78 is 0. The topological polar surface area (TPSA) is 57.5 Å². The SMILES string of the molecule is O=C(O)CO.[H-].[H-].[K+].[K+]. The molecule has 0 bridgehead atoms. The summed E-state index contributed by atoms with van der Waals surface area (Å²) in [6, 6.07) is 0. The first-order chi connectivity index (χ1) is 2.27. The van der Waals surface area contributed by atoms with E-state index < -0.39 is 12.6 Å². The van der Waals surface area contributed by atoms with Crippen molar-refractivity contribution in [2.24, 2.45) is 0 Å². The number of aliphatic hydroxyl groups excluding tert-OH is 1. The molecule has 0 aromatic heterocycles. The monoisotopic (exact) mass is 156 g/mol. The Morgan fingerprint density at radius 1 is 1.57 bits per heavy atom. The second-order valence-electron chi connectivity index (χ2n) is 0.552. The van der Waals surface area contributed by atoms with Crippen LogP contribution < -0.4 is 103 Å². The van der Waals surface area contributed by atoms with Crippen molar-refractivity contribution in [3.8, 4) is 0 Å². The largest absolute Gasteiger partial charge is 1.00 e. The van der Waals surface area contributed by atoms with E-state index in [1.165, 1.54) is 0 Å². The van der Waals surface area contributed by atoms with Gasteiger partial charge in [0.15, 0.2) is 0 Å². The zero-order valence-corrected chi connectivity index (χ0v) is 10.8. The summed E-state index contributed by atoms with van der Waals surface area (Å²) in [7, 11) is 0. The van der Waals surface area contributed by atoms with Crippen molar-refractivity contribution in [3.05, 3.63) is 0 Å². The normalized spacial score (nSPS) is 5.29. The molecule has 0 aliphatic rings. The second kappa shape index (κ2) is 11.5. The molecule has 0 spiro atoms. The quantitative estimate of drug-likeness (QED) is 0.371. The van der Waals surface area contributed by atoms with E-state index >= 15 is 0 Å². The summed E-state index contributed by atoms with van der Waals surface area (Å²) in [5.41, 5.74) is 0. The number of carboxylic acids is 1. The Morgan fingerprint density at radius 3 is 1.71 bits per heavy atom. The summed E-state index contributed by atoms with van der Waals surface area (Å²) in [5.74, 6) is -1.19. The van der Waals surface area contributed by atoms with Gasteiger partial charge in [-0.1, -0.05) is 0 Å². The number of rotatable bonds is 1. The molecule has 0 unspecified atom stereocenters. The van der Waals surface area contributed by atoms with Gasteiger partial charge >= 0.3 is 109 Å². The summed E-state index contributed by atoms with van der Waals surface area (Å²) in [6.45, 7) is -0.778. The van der Waals surface area contributed by atoms with Crippen LogP contribution in [-0.4, -0.2) is 22.8 Å². The van der Waals surface area contributed by atoms with E-state index in [1.807, 2.05) is 0 Å². The molecule has 0 fully saturated rings. The van der Waals surface area contributed by atoms with Crippen LogP contribution in [0.3, 0.4) is 0 Å². The van der Waals surface area contributed by atoms with Gasteiger partial charge in [0.05, 0.1) is 0 Å². The summed E-state index contributed by atoms with van der Waals surface area (Å²) in [6.07, 6.45) is 0. The number of aliphatic carboxylic acids is 1. The number of aliphatic hydroxyl groups is 1. The molecule has 0 aliphatic heterocycles. The molecule has 5 heteroatoms. The molecule has 0 aromatic carbocycles. The van der Waals surface area contributed by atoms with Crippen LogP contribution in [0.4, 0.5) is 0 Å². The predicted octanol–water partition coefficient (Wildman–Crippen LogP) is -6.70. The average molecular weight is 156 g/mol. The van der Waals surface area contributed by atoms with E-state index in [2.05, 4.69) is 0 Å². The van der Waals surface area contributed by atoms with Crippen LogP contribution in [0.1, 0.15) is 2.85 Å². The van der Waals surface area contributed by atoms with Crippen LogP contribution in [0, 0.1) is 0 Å². The van der Waals surface area contributed by atoms with Gasteiger partial charge in [-0.2, -0.15) is 0 Å². The molecule has 0 aromatic rings. The van der Waals surface area contributed by atoms with E-state index in [1.54, 1.807) is 0 Å². The van der Waals surface area contributed by atoms with E-state index in [4.69, 9.17) is 15.0 Å². The van der Waals surface area contributed by atoms with Crippen LogP contribution in [-0.2, 0) is 4.79 Å². The standard InChI is InChI=1S/C2H4O3.2K.2H/c3-1-2(4)5;;;;/h3H,1H2,(H,4,5);;;;/q;2*+1;2*-1. The van der Waals surface area contributed by atoms with Gasteiger partial charge < -0.3 is 13.1 Å². The minimum Gasteiger partial charge on any atom is -1.00 e. The molecule has 0 aliphatic carbocycles. The zero-order chi connectivity index (χ0) is 4.28. The number of carboxylic acid groups (broad SMARTS) is 1. The number of carbonyl (C=O) groups is 1. The second-order valence-corrected chi connectivity index (χ2v) is 0.552. The van der Waals surface area contributed by atoms with Crippen molar-refractivity contribution in [2.45, 2.75) is 0 Å². The van der Waals surface area contributed by atoms with Gasteiger partial charge in [0.25, 0.3) is 0 Å². The molecule has 0 heterocycles. The van der Waals surface area contributed by atoms with Gasteiger partial charge in [0.1, 0.15) is 6.61 Å². The first-order valence-corrected chi connectivity index (χ1v) is 1.10. The van der Waals surface area contributed by atoms with E-state index in [0.29, 0.717) is 0 Å². The Morgan fingerprint density at radius 2 is 1.71 bits per heavy atom. The van der Waals surface area contributed by atoms with Gasteiger partial charge in [0.2, 0.25) is 0 Å². The van der Waals surface area contributed by atoms with Crippen molar-refractivity contribution in [2.75, 3.05) is 6.61 Å². The average Bonchev–Trinajstić information content (AvgIpc) is 1.38. The van der Waals surface area contributed by atoms with Crippen molar-refractivity contribution in [3.63, 3.8) is 0 Å². The molecular weight excluding hydrogens is 150 g/mol. The van der Waals surface area contributed by atoms with Crippen LogP contribution in [0.15, 0.2) is 0 Å². The van der Waals surface area contributed by atoms with Gasteiger partial charge in [-0.3, -0.25) is 0 Å². The van der Waals surface area contributed by atoms with Gasteiger partial charge in [-0.05, 0) is 0 Å². The Labute approximate surface area is 130 Å². The Hall–Kier alpha value is 2.70. The van der Waals surface area contributed by atoms with E-state index in [9.17, 15) is 0 Å². The minimum atomic E-state index is -1.19. The van der Waals surface area contributed by atoms with Crippen molar-refractivity contribution >= 4 is 5.97 Å². The van der Waals surface area contributed by atoms with E-state index in [-0.39, 0.29) is 106 Å². The van der Waals surface area contributed by atoms with Crippen LogP contribution in [0.2, 0.25) is 0 Å². The Balaban J connectivity index is -0.0000000133. The fourth-order valence-corrected chi connectivity index (χ4v) is 0. The van der Waals surface area contributed by atoms with Crippen molar-refractivity contribution in [1.29, 1.82) is 0 Å². The minimum absolute atomic E-state index is 0. The molecule has 0 saturated carbocycles. The third-order valence-corrected chi connectivity index (χ3v) is 0.135. The predicted molar refractivity (Wildman–Crippen MR) is 16.9 cm³/mol. The first-order valence-electron chi connectivity index (χ1n) is 1.10. The van der Waals surface area contributed by atoms with Crippen molar-refractivity contribution in [1.82, 2.24) is 0 Å². The molecule has 3 nitrogen and oxygen atoms in total. The maximum atomic E-state index is 9.12. The van der Waals surface area contributed by atoms with Crippen LogP contribution in [0.25, 0.3) is 0 Å².